The summed E-state index contributed by atoms with van der Waals surface area (Å²) in [5, 5.41) is 0. The molecular weight excluding hydrogens is 180 g/mol. The minimum Gasteiger partial charge on any atom is -0.472 e. The maximum absolute atomic E-state index is 11.2. The van der Waals surface area contributed by atoms with Crippen LogP contribution < -0.4 is 10.3 Å². The zero-order valence-corrected chi connectivity index (χ0v) is 9.05. The number of hydrogen-bond donors (Lipinski definition) is 1. The van der Waals surface area contributed by atoms with Crippen molar-refractivity contribution < 1.29 is 4.74 Å². The molecule has 1 N–H and O–H groups in total. The molecule has 4 heteroatoms. The number of rotatable bonds is 2. The van der Waals surface area contributed by atoms with E-state index in [0.717, 1.165) is 0 Å². The largest absolute Gasteiger partial charge is 0.472 e. The number of aromatic nitrogens is 2. The zero-order valence-electron chi connectivity index (χ0n) is 9.05. The fraction of sp³-hybridized carbons (Fsp3) is 0.600. The summed E-state index contributed by atoms with van der Waals surface area (Å²) >= 11 is 0. The van der Waals surface area contributed by atoms with Gasteiger partial charge in [0.15, 0.2) is 0 Å². The highest BCUT2D eigenvalue weighted by Crippen LogP contribution is 2.12. The van der Waals surface area contributed by atoms with Gasteiger partial charge in [0.1, 0.15) is 11.4 Å². The topological polar surface area (TPSA) is 55.0 Å². The Bertz CT molecular complexity index is 363. The summed E-state index contributed by atoms with van der Waals surface area (Å²) in [6.07, 6.45) is 0.691. The van der Waals surface area contributed by atoms with Crippen molar-refractivity contribution in [1.82, 2.24) is 9.97 Å². The first-order valence-electron chi connectivity index (χ1n) is 4.70. The Kier molecular flexibility index (Phi) is 2.93. The molecule has 0 aromatic carbocycles. The van der Waals surface area contributed by atoms with Crippen LogP contribution in [0.1, 0.15) is 33.5 Å². The molecule has 0 amide bonds. The van der Waals surface area contributed by atoms with Gasteiger partial charge in [-0.3, -0.25) is 4.79 Å². The van der Waals surface area contributed by atoms with Crippen LogP contribution >= 0.6 is 0 Å². The molecule has 0 spiro atoms. The highest BCUT2D eigenvalue weighted by atomic mass is 16.5. The van der Waals surface area contributed by atoms with E-state index in [1.165, 1.54) is 6.07 Å². The monoisotopic (exact) mass is 196 g/mol. The Morgan fingerprint density at radius 2 is 2.14 bits per heavy atom. The van der Waals surface area contributed by atoms with Crippen molar-refractivity contribution in [1.29, 1.82) is 0 Å². The van der Waals surface area contributed by atoms with E-state index < -0.39 is 0 Å². The van der Waals surface area contributed by atoms with E-state index in [1.807, 2.05) is 27.7 Å². The van der Waals surface area contributed by atoms with E-state index >= 15 is 0 Å². The van der Waals surface area contributed by atoms with Gasteiger partial charge in [-0.2, -0.15) is 0 Å². The molecule has 0 unspecified atom stereocenters. The molecule has 4 nitrogen and oxygen atoms in total. The lowest BCUT2D eigenvalue weighted by Crippen LogP contribution is -2.25. The van der Waals surface area contributed by atoms with Gasteiger partial charge < -0.3 is 9.72 Å². The molecule has 0 saturated heterocycles. The first-order valence-corrected chi connectivity index (χ1v) is 4.70. The van der Waals surface area contributed by atoms with Gasteiger partial charge in [-0.25, -0.2) is 4.98 Å². The molecule has 0 saturated carbocycles. The Morgan fingerprint density at radius 1 is 1.50 bits per heavy atom. The van der Waals surface area contributed by atoms with E-state index in [1.54, 1.807) is 0 Å². The van der Waals surface area contributed by atoms with Crippen molar-refractivity contribution in [3.63, 3.8) is 0 Å². The molecule has 1 aromatic heterocycles. The number of aromatic amines is 1. The maximum Gasteiger partial charge on any atom is 0.254 e. The van der Waals surface area contributed by atoms with Crippen LogP contribution in [0.15, 0.2) is 10.9 Å². The SMILES string of the molecule is CCc1nc(OC(C)(C)C)cc(=O)[nH]1. The lowest BCUT2D eigenvalue weighted by atomic mass is 10.2. The van der Waals surface area contributed by atoms with Gasteiger partial charge in [-0.15, -0.1) is 0 Å². The molecule has 0 atom stereocenters. The second kappa shape index (κ2) is 3.82. The summed E-state index contributed by atoms with van der Waals surface area (Å²) in [6.45, 7) is 7.68. The lowest BCUT2D eigenvalue weighted by Gasteiger charge is -2.20. The van der Waals surface area contributed by atoms with Crippen LogP contribution in [0.25, 0.3) is 0 Å². The quantitative estimate of drug-likeness (QED) is 0.780. The van der Waals surface area contributed by atoms with E-state index in [4.69, 9.17) is 4.74 Å². The Hall–Kier alpha value is -1.32. The molecule has 0 fully saturated rings. The van der Waals surface area contributed by atoms with Crippen molar-refractivity contribution in [2.24, 2.45) is 0 Å². The number of hydrogen-bond acceptors (Lipinski definition) is 3. The third kappa shape index (κ3) is 3.20. The van der Waals surface area contributed by atoms with E-state index in [2.05, 4.69) is 9.97 Å². The van der Waals surface area contributed by atoms with E-state index in [9.17, 15) is 4.79 Å². The first kappa shape index (κ1) is 10.8. The zero-order chi connectivity index (χ0) is 10.8. The van der Waals surface area contributed by atoms with Crippen LogP contribution in [0.2, 0.25) is 0 Å². The van der Waals surface area contributed by atoms with Crippen molar-refractivity contribution >= 4 is 0 Å². The predicted molar refractivity (Wildman–Crippen MR) is 54.6 cm³/mol. The van der Waals surface area contributed by atoms with Crippen molar-refractivity contribution in [2.75, 3.05) is 0 Å². The molecule has 14 heavy (non-hydrogen) atoms. The van der Waals surface area contributed by atoms with Gasteiger partial charge >= 0.3 is 0 Å². The second-order valence-corrected chi connectivity index (χ2v) is 4.10. The lowest BCUT2D eigenvalue weighted by molar-refractivity contribution is 0.123. The van der Waals surface area contributed by atoms with Crippen molar-refractivity contribution in [2.45, 2.75) is 39.7 Å². The summed E-state index contributed by atoms with van der Waals surface area (Å²) in [5.41, 5.74) is -0.498. The van der Waals surface area contributed by atoms with Crippen LogP contribution in [-0.4, -0.2) is 15.6 Å². The highest BCUT2D eigenvalue weighted by Gasteiger charge is 2.13. The van der Waals surface area contributed by atoms with E-state index in [-0.39, 0.29) is 11.2 Å². The number of nitrogens with one attached hydrogen (secondary N) is 1. The molecule has 78 valence electrons. The normalized spacial score (nSPS) is 11.4. The summed E-state index contributed by atoms with van der Waals surface area (Å²) < 4.78 is 5.49. The fourth-order valence-electron chi connectivity index (χ4n) is 1.02. The first-order chi connectivity index (χ1) is 6.40. The summed E-state index contributed by atoms with van der Waals surface area (Å²) in [5.74, 6) is 1.04. The molecule has 1 rings (SSSR count). The van der Waals surface area contributed by atoms with Crippen LogP contribution in [0, 0.1) is 0 Å². The Labute approximate surface area is 83.3 Å². The molecule has 1 heterocycles. The van der Waals surface area contributed by atoms with Crippen LogP contribution in [0.5, 0.6) is 5.88 Å². The summed E-state index contributed by atoms with van der Waals surface area (Å²) in [4.78, 5) is 18.0. The fourth-order valence-corrected chi connectivity index (χ4v) is 1.02. The second-order valence-electron chi connectivity index (χ2n) is 4.10. The molecule has 0 bridgehead atoms. The third-order valence-corrected chi connectivity index (χ3v) is 1.51. The summed E-state index contributed by atoms with van der Waals surface area (Å²) in [6, 6.07) is 1.37. The van der Waals surface area contributed by atoms with Gasteiger partial charge in [0.25, 0.3) is 5.56 Å². The smallest absolute Gasteiger partial charge is 0.254 e. The summed E-state index contributed by atoms with van der Waals surface area (Å²) in [7, 11) is 0. The molecule has 0 aliphatic heterocycles. The third-order valence-electron chi connectivity index (χ3n) is 1.51. The molecule has 0 aliphatic carbocycles. The number of ether oxygens (including phenoxy) is 1. The average molecular weight is 196 g/mol. The molecule has 0 aliphatic rings. The van der Waals surface area contributed by atoms with Gasteiger partial charge in [0.05, 0.1) is 6.07 Å². The highest BCUT2D eigenvalue weighted by molar-refractivity contribution is 5.09. The van der Waals surface area contributed by atoms with Crippen molar-refractivity contribution in [3.05, 3.63) is 22.2 Å². The average Bonchev–Trinajstić information content (AvgIpc) is 1.99. The van der Waals surface area contributed by atoms with Crippen LogP contribution in [0.4, 0.5) is 0 Å². The maximum atomic E-state index is 11.2. The number of H-pyrrole nitrogens is 1. The molecule has 0 radical (unpaired) electrons. The van der Waals surface area contributed by atoms with Gasteiger partial charge in [0.2, 0.25) is 5.88 Å². The number of nitrogens with zero attached hydrogens (tertiary/aromatic N) is 1. The number of aryl methyl sites for hydroxylation is 1. The van der Waals surface area contributed by atoms with Crippen LogP contribution in [-0.2, 0) is 6.42 Å². The molecule has 1 aromatic rings. The predicted octanol–water partition coefficient (Wildman–Crippen LogP) is 1.51. The van der Waals surface area contributed by atoms with Crippen molar-refractivity contribution in [3.8, 4) is 5.88 Å². The Balaban J connectivity index is 2.98. The van der Waals surface area contributed by atoms with E-state index in [0.29, 0.717) is 18.1 Å². The minimum atomic E-state index is -0.328. The van der Waals surface area contributed by atoms with Crippen LogP contribution in [0.3, 0.4) is 0 Å². The molecular formula is C10H16N2O2. The Morgan fingerprint density at radius 3 is 2.64 bits per heavy atom. The van der Waals surface area contributed by atoms with Gasteiger partial charge in [-0.05, 0) is 20.8 Å². The standard InChI is InChI=1S/C10H16N2O2/c1-5-7-11-8(13)6-9(12-7)14-10(2,3)4/h6H,5H2,1-4H3,(H,11,12,13). The van der Waals surface area contributed by atoms with Gasteiger partial charge in [0, 0.05) is 6.42 Å². The van der Waals surface area contributed by atoms with Gasteiger partial charge in [-0.1, -0.05) is 6.92 Å². The minimum absolute atomic E-state index is 0.170.